The van der Waals surface area contributed by atoms with Crippen LogP contribution in [0, 0.1) is 0 Å². The van der Waals surface area contributed by atoms with Crippen molar-refractivity contribution in [3.63, 3.8) is 0 Å². The SMILES string of the molecule is COc1ccc(-c2cccc(CC3(N)C=CC=NC3N)c2)cn1. The van der Waals surface area contributed by atoms with E-state index in [2.05, 4.69) is 16.0 Å². The highest BCUT2D eigenvalue weighted by atomic mass is 16.5. The Hall–Kier alpha value is -2.50. The van der Waals surface area contributed by atoms with E-state index in [0.717, 1.165) is 16.7 Å². The molecule has 1 aliphatic heterocycles. The van der Waals surface area contributed by atoms with Crippen LogP contribution in [0.4, 0.5) is 0 Å². The number of nitrogens with zero attached hydrogens (tertiary/aromatic N) is 2. The number of aromatic nitrogens is 1. The Morgan fingerprint density at radius 2 is 2.09 bits per heavy atom. The average molecular weight is 308 g/mol. The minimum atomic E-state index is -0.661. The van der Waals surface area contributed by atoms with E-state index in [1.165, 1.54) is 0 Å². The van der Waals surface area contributed by atoms with Gasteiger partial charge in [0, 0.05) is 24.0 Å². The molecule has 3 rings (SSSR count). The molecule has 0 aliphatic carbocycles. The van der Waals surface area contributed by atoms with Crippen LogP contribution in [0.15, 0.2) is 59.7 Å². The minimum Gasteiger partial charge on any atom is -0.481 e. The molecule has 0 radical (unpaired) electrons. The summed E-state index contributed by atoms with van der Waals surface area (Å²) in [6.45, 7) is 0. The molecule has 0 spiro atoms. The first kappa shape index (κ1) is 15.4. The van der Waals surface area contributed by atoms with Crippen LogP contribution in [-0.2, 0) is 6.42 Å². The summed E-state index contributed by atoms with van der Waals surface area (Å²) in [5.41, 5.74) is 15.0. The Morgan fingerprint density at radius 3 is 2.78 bits per heavy atom. The van der Waals surface area contributed by atoms with Crippen LogP contribution in [0.2, 0.25) is 0 Å². The van der Waals surface area contributed by atoms with E-state index in [0.29, 0.717) is 12.3 Å². The van der Waals surface area contributed by atoms with Crippen molar-refractivity contribution in [2.75, 3.05) is 7.11 Å². The van der Waals surface area contributed by atoms with E-state index in [1.807, 2.05) is 42.5 Å². The number of allylic oxidation sites excluding steroid dienone is 1. The van der Waals surface area contributed by atoms with Crippen LogP contribution < -0.4 is 16.2 Å². The molecule has 2 aromatic rings. The number of pyridine rings is 1. The molecule has 5 nitrogen and oxygen atoms in total. The summed E-state index contributed by atoms with van der Waals surface area (Å²) >= 11 is 0. The molecule has 0 amide bonds. The smallest absolute Gasteiger partial charge is 0.212 e. The fourth-order valence-corrected chi connectivity index (χ4v) is 2.65. The normalized spacial score (nSPS) is 23.0. The Balaban J connectivity index is 1.85. The van der Waals surface area contributed by atoms with Crippen LogP contribution in [0.1, 0.15) is 5.56 Å². The molecule has 2 heterocycles. The Bertz CT molecular complexity index is 739. The molecule has 23 heavy (non-hydrogen) atoms. The Kier molecular flexibility index (Phi) is 4.23. The Morgan fingerprint density at radius 1 is 1.22 bits per heavy atom. The van der Waals surface area contributed by atoms with Crippen molar-refractivity contribution in [1.29, 1.82) is 0 Å². The van der Waals surface area contributed by atoms with Crippen LogP contribution in [0.25, 0.3) is 11.1 Å². The van der Waals surface area contributed by atoms with E-state index >= 15 is 0 Å². The highest BCUT2D eigenvalue weighted by Gasteiger charge is 2.31. The van der Waals surface area contributed by atoms with Gasteiger partial charge in [0.2, 0.25) is 5.88 Å². The van der Waals surface area contributed by atoms with E-state index in [1.54, 1.807) is 19.5 Å². The summed E-state index contributed by atoms with van der Waals surface area (Å²) < 4.78 is 5.09. The van der Waals surface area contributed by atoms with Gasteiger partial charge in [-0.1, -0.05) is 30.3 Å². The zero-order chi connectivity index (χ0) is 16.3. The van der Waals surface area contributed by atoms with Gasteiger partial charge in [0.1, 0.15) is 6.17 Å². The minimum absolute atomic E-state index is 0.432. The van der Waals surface area contributed by atoms with Crippen molar-refractivity contribution < 1.29 is 4.74 Å². The third kappa shape index (κ3) is 3.31. The number of methoxy groups -OCH3 is 1. The number of nitrogens with two attached hydrogens (primary N) is 2. The van der Waals surface area contributed by atoms with Gasteiger partial charge < -0.3 is 16.2 Å². The molecule has 1 aromatic carbocycles. The van der Waals surface area contributed by atoms with E-state index in [4.69, 9.17) is 16.2 Å². The molecular formula is C18H20N4O. The molecule has 5 heteroatoms. The first-order valence-electron chi connectivity index (χ1n) is 7.45. The lowest BCUT2D eigenvalue weighted by Gasteiger charge is -2.31. The number of ether oxygens (including phenoxy) is 1. The highest BCUT2D eigenvalue weighted by molar-refractivity contribution is 5.73. The molecule has 118 valence electrons. The average Bonchev–Trinajstić information content (AvgIpc) is 2.58. The zero-order valence-electron chi connectivity index (χ0n) is 13.0. The van der Waals surface area contributed by atoms with Gasteiger partial charge in [-0.2, -0.15) is 0 Å². The van der Waals surface area contributed by atoms with Crippen molar-refractivity contribution in [3.05, 3.63) is 60.3 Å². The van der Waals surface area contributed by atoms with E-state index in [9.17, 15) is 0 Å². The lowest BCUT2D eigenvalue weighted by atomic mass is 9.87. The first-order chi connectivity index (χ1) is 11.1. The van der Waals surface area contributed by atoms with Crippen LogP contribution in [0.5, 0.6) is 5.88 Å². The third-order valence-corrected chi connectivity index (χ3v) is 4.01. The van der Waals surface area contributed by atoms with Crippen molar-refractivity contribution in [3.8, 4) is 17.0 Å². The summed E-state index contributed by atoms with van der Waals surface area (Å²) in [6, 6.07) is 12.1. The van der Waals surface area contributed by atoms with Gasteiger partial charge in [-0.3, -0.25) is 4.99 Å². The van der Waals surface area contributed by atoms with E-state index in [-0.39, 0.29) is 0 Å². The predicted molar refractivity (Wildman–Crippen MR) is 92.5 cm³/mol. The highest BCUT2D eigenvalue weighted by Crippen LogP contribution is 2.24. The molecule has 1 aliphatic rings. The maximum absolute atomic E-state index is 6.41. The molecule has 1 aromatic heterocycles. The largest absolute Gasteiger partial charge is 0.481 e. The second kappa shape index (κ2) is 6.32. The maximum Gasteiger partial charge on any atom is 0.212 e. The predicted octanol–water partition coefficient (Wildman–Crippen LogP) is 1.92. The van der Waals surface area contributed by atoms with Gasteiger partial charge in [-0.25, -0.2) is 4.98 Å². The second-order valence-corrected chi connectivity index (χ2v) is 5.68. The van der Waals surface area contributed by atoms with Crippen molar-refractivity contribution >= 4 is 6.21 Å². The second-order valence-electron chi connectivity index (χ2n) is 5.68. The number of hydrogen-bond acceptors (Lipinski definition) is 5. The molecule has 4 N–H and O–H groups in total. The topological polar surface area (TPSA) is 86.5 Å². The van der Waals surface area contributed by atoms with Gasteiger partial charge in [-0.15, -0.1) is 0 Å². The summed E-state index contributed by atoms with van der Waals surface area (Å²) in [6.07, 6.45) is 7.45. The number of hydrogen-bond donors (Lipinski definition) is 2. The number of rotatable bonds is 4. The van der Waals surface area contributed by atoms with Crippen LogP contribution >= 0.6 is 0 Å². The van der Waals surface area contributed by atoms with Gasteiger partial charge in [0.05, 0.1) is 12.6 Å². The van der Waals surface area contributed by atoms with Crippen LogP contribution in [0.3, 0.4) is 0 Å². The van der Waals surface area contributed by atoms with Crippen molar-refractivity contribution in [2.24, 2.45) is 16.5 Å². The monoisotopic (exact) mass is 308 g/mol. The van der Waals surface area contributed by atoms with Crippen molar-refractivity contribution in [1.82, 2.24) is 4.98 Å². The molecular weight excluding hydrogens is 288 g/mol. The lowest BCUT2D eigenvalue weighted by molar-refractivity contribution is 0.398. The summed E-state index contributed by atoms with van der Waals surface area (Å²) in [4.78, 5) is 8.44. The summed E-state index contributed by atoms with van der Waals surface area (Å²) in [5, 5.41) is 0. The standard InChI is InChI=1S/C18H20N4O/c1-23-16-7-6-15(12-22-16)14-5-2-4-13(10-14)11-18(20)8-3-9-21-17(18)19/h2-10,12,17H,11,19-20H2,1H3. The van der Waals surface area contributed by atoms with Crippen molar-refractivity contribution in [2.45, 2.75) is 18.1 Å². The van der Waals surface area contributed by atoms with Gasteiger partial charge in [0.15, 0.2) is 0 Å². The third-order valence-electron chi connectivity index (χ3n) is 4.01. The van der Waals surface area contributed by atoms with Gasteiger partial charge in [0.25, 0.3) is 0 Å². The molecule has 0 saturated heterocycles. The fourth-order valence-electron chi connectivity index (χ4n) is 2.65. The summed E-state index contributed by atoms with van der Waals surface area (Å²) in [7, 11) is 1.60. The lowest BCUT2D eigenvalue weighted by Crippen LogP contribution is -2.55. The number of dihydropyridines is 1. The fraction of sp³-hybridized carbons (Fsp3) is 0.222. The van der Waals surface area contributed by atoms with Gasteiger partial charge in [-0.05, 0) is 29.7 Å². The Labute approximate surface area is 135 Å². The first-order valence-corrected chi connectivity index (χ1v) is 7.45. The maximum atomic E-state index is 6.41. The van der Waals surface area contributed by atoms with Crippen LogP contribution in [-0.4, -0.2) is 30.0 Å². The number of aliphatic imine (C=N–C) groups is 1. The van der Waals surface area contributed by atoms with E-state index < -0.39 is 11.7 Å². The quantitative estimate of drug-likeness (QED) is 0.903. The molecule has 2 unspecified atom stereocenters. The van der Waals surface area contributed by atoms with Gasteiger partial charge >= 0.3 is 0 Å². The number of benzene rings is 1. The molecule has 0 bridgehead atoms. The summed E-state index contributed by atoms with van der Waals surface area (Å²) in [5.74, 6) is 0.599. The molecule has 0 saturated carbocycles. The zero-order valence-corrected chi connectivity index (χ0v) is 13.0. The molecule has 2 atom stereocenters. The molecule has 0 fully saturated rings.